The van der Waals surface area contributed by atoms with Gasteiger partial charge in [-0.1, -0.05) is 25.0 Å². The van der Waals surface area contributed by atoms with Crippen molar-refractivity contribution in [3.63, 3.8) is 0 Å². The summed E-state index contributed by atoms with van der Waals surface area (Å²) < 4.78 is 5.99. The molecule has 2 N–H and O–H groups in total. The van der Waals surface area contributed by atoms with E-state index in [1.54, 1.807) is 42.9 Å². The van der Waals surface area contributed by atoms with Crippen molar-refractivity contribution in [2.24, 2.45) is 5.92 Å². The summed E-state index contributed by atoms with van der Waals surface area (Å²) in [4.78, 5) is 92.0. The highest BCUT2D eigenvalue weighted by atomic mass is 16.5. The second kappa shape index (κ2) is 19.7. The molecule has 6 heterocycles. The van der Waals surface area contributed by atoms with Crippen LogP contribution in [0, 0.1) is 5.92 Å². The van der Waals surface area contributed by atoms with Gasteiger partial charge in [-0.2, -0.15) is 0 Å². The number of piperidine rings is 2. The SMILES string of the molecule is O=C(/C=C/c1cccnc1)NCCCCC1CCN(C(=O)c2ccc(N3CCN(CCCCOc4cccc5c4C(=O)N(C4CCC(=O)NC4=O)C5=O)CC3)nc2)CC1. The molecule has 4 aliphatic rings. The van der Waals surface area contributed by atoms with E-state index in [-0.39, 0.29) is 35.8 Å². The summed E-state index contributed by atoms with van der Waals surface area (Å²) in [6, 6.07) is 11.4. The molecule has 15 nitrogen and oxygen atoms in total. The van der Waals surface area contributed by atoms with E-state index in [1.807, 2.05) is 29.2 Å². The van der Waals surface area contributed by atoms with E-state index in [0.717, 1.165) is 107 Å². The van der Waals surface area contributed by atoms with Crippen molar-refractivity contribution in [2.45, 2.75) is 63.8 Å². The van der Waals surface area contributed by atoms with Gasteiger partial charge in [0, 0.05) is 76.9 Å². The van der Waals surface area contributed by atoms with E-state index >= 15 is 0 Å². The van der Waals surface area contributed by atoms with Gasteiger partial charge < -0.3 is 19.9 Å². The summed E-state index contributed by atoms with van der Waals surface area (Å²) in [7, 11) is 0. The Morgan fingerprint density at radius 2 is 1.69 bits per heavy atom. The van der Waals surface area contributed by atoms with E-state index in [0.29, 0.717) is 30.4 Å². The maximum atomic E-state index is 13.3. The number of anilines is 1. The van der Waals surface area contributed by atoms with E-state index in [4.69, 9.17) is 4.74 Å². The Morgan fingerprint density at radius 3 is 2.44 bits per heavy atom. The maximum Gasteiger partial charge on any atom is 0.266 e. The van der Waals surface area contributed by atoms with Gasteiger partial charge in [-0.15, -0.1) is 0 Å². The minimum atomic E-state index is -1.02. The molecular formula is C44H52N8O7. The second-order valence-corrected chi connectivity index (χ2v) is 15.6. The number of nitrogens with zero attached hydrogens (tertiary/aromatic N) is 6. The Morgan fingerprint density at radius 1 is 0.864 bits per heavy atom. The number of nitrogens with one attached hydrogen (secondary N) is 2. The van der Waals surface area contributed by atoms with Crippen molar-refractivity contribution in [3.05, 3.63) is 89.4 Å². The van der Waals surface area contributed by atoms with Crippen LogP contribution in [0.2, 0.25) is 0 Å². The number of amides is 6. The summed E-state index contributed by atoms with van der Waals surface area (Å²) in [6.07, 6.45) is 15.3. The summed E-state index contributed by atoms with van der Waals surface area (Å²) >= 11 is 0. The predicted molar refractivity (Wildman–Crippen MR) is 219 cm³/mol. The summed E-state index contributed by atoms with van der Waals surface area (Å²) in [5.41, 5.74) is 1.88. The molecule has 0 spiro atoms. The number of carbonyl (C=O) groups excluding carboxylic acids is 6. The highest BCUT2D eigenvalue weighted by molar-refractivity contribution is 6.24. The van der Waals surface area contributed by atoms with Crippen molar-refractivity contribution < 1.29 is 33.5 Å². The summed E-state index contributed by atoms with van der Waals surface area (Å²) in [6.45, 7) is 6.84. The topological polar surface area (TPSA) is 174 Å². The lowest BCUT2D eigenvalue weighted by Gasteiger charge is -2.35. The monoisotopic (exact) mass is 804 g/mol. The van der Waals surface area contributed by atoms with E-state index < -0.39 is 29.7 Å². The molecule has 0 bridgehead atoms. The lowest BCUT2D eigenvalue weighted by molar-refractivity contribution is -0.136. The van der Waals surface area contributed by atoms with Gasteiger partial charge in [0.15, 0.2) is 0 Å². The molecule has 0 radical (unpaired) electrons. The standard InChI is InChI=1S/C44H52N8O7/c53-38(15-11-32-8-6-19-45-29-32)46-20-2-1-7-31-17-22-51(23-18-31)42(56)33-12-14-37(47-30-33)50-26-24-49(25-27-50)21-3-4-28-59-36-10-5-9-34-40(36)44(58)52(43(34)57)35-13-16-39(54)48-41(35)55/h5-6,8-12,14-15,19,29-31,35H,1-4,7,13,16-18,20-28H2,(H,46,53)(H,48,54,55)/b15-11+. The van der Waals surface area contributed by atoms with Gasteiger partial charge in [0.2, 0.25) is 17.7 Å². The van der Waals surface area contributed by atoms with Gasteiger partial charge in [-0.3, -0.25) is 48.9 Å². The first kappa shape index (κ1) is 41.2. The Kier molecular flexibility index (Phi) is 13.7. The van der Waals surface area contributed by atoms with Crippen LogP contribution >= 0.6 is 0 Å². The molecule has 310 valence electrons. The van der Waals surface area contributed by atoms with Crippen molar-refractivity contribution in [1.82, 2.24) is 35.3 Å². The zero-order chi connectivity index (χ0) is 41.1. The Bertz CT molecular complexity index is 2030. The number of likely N-dealkylation sites (tertiary alicyclic amines) is 1. The first-order valence-corrected chi connectivity index (χ1v) is 20.8. The molecular weight excluding hydrogens is 753 g/mol. The van der Waals surface area contributed by atoms with Gasteiger partial charge in [0.25, 0.3) is 17.7 Å². The van der Waals surface area contributed by atoms with Crippen molar-refractivity contribution in [3.8, 4) is 5.75 Å². The number of aromatic nitrogens is 2. The molecule has 59 heavy (non-hydrogen) atoms. The molecule has 2 aromatic heterocycles. The quantitative estimate of drug-likeness (QED) is 0.123. The number of imide groups is 2. The second-order valence-electron chi connectivity index (χ2n) is 15.6. The van der Waals surface area contributed by atoms with Gasteiger partial charge in [0.1, 0.15) is 17.6 Å². The van der Waals surface area contributed by atoms with Crippen LogP contribution in [0.25, 0.3) is 6.08 Å². The Hall–Kier alpha value is -5.96. The molecule has 4 aliphatic heterocycles. The first-order valence-electron chi connectivity index (χ1n) is 20.8. The number of carbonyl (C=O) groups is 6. The molecule has 7 rings (SSSR count). The number of hydrogen-bond acceptors (Lipinski definition) is 11. The van der Waals surface area contributed by atoms with Crippen LogP contribution < -0.4 is 20.3 Å². The average molecular weight is 805 g/mol. The highest BCUT2D eigenvalue weighted by Gasteiger charge is 2.46. The number of hydrogen-bond donors (Lipinski definition) is 2. The van der Waals surface area contributed by atoms with Crippen molar-refractivity contribution in [1.29, 1.82) is 0 Å². The molecule has 1 unspecified atom stereocenters. The molecule has 15 heteroatoms. The minimum Gasteiger partial charge on any atom is -0.493 e. The van der Waals surface area contributed by atoms with Crippen LogP contribution in [0.5, 0.6) is 5.75 Å². The number of piperazine rings is 1. The molecule has 6 amide bonds. The fraction of sp³-hybridized carbons (Fsp3) is 0.455. The normalized spacial score (nSPS) is 19.0. The summed E-state index contributed by atoms with van der Waals surface area (Å²) in [5.74, 6) is -0.464. The maximum absolute atomic E-state index is 13.3. The van der Waals surface area contributed by atoms with Crippen LogP contribution in [-0.4, -0.2) is 125 Å². The number of benzene rings is 1. The molecule has 3 aromatic rings. The van der Waals surface area contributed by atoms with Gasteiger partial charge in [-0.05, 0) is 93.0 Å². The molecule has 3 saturated heterocycles. The zero-order valence-electron chi connectivity index (χ0n) is 33.4. The molecule has 1 atom stereocenters. The highest BCUT2D eigenvalue weighted by Crippen LogP contribution is 2.34. The molecule has 1 aromatic carbocycles. The summed E-state index contributed by atoms with van der Waals surface area (Å²) in [5, 5.41) is 5.17. The molecule has 0 saturated carbocycles. The molecule has 3 fully saturated rings. The molecule has 0 aliphatic carbocycles. The average Bonchev–Trinajstić information content (AvgIpc) is 3.52. The van der Waals surface area contributed by atoms with Crippen LogP contribution in [-0.2, 0) is 14.4 Å². The largest absolute Gasteiger partial charge is 0.493 e. The van der Waals surface area contributed by atoms with Crippen LogP contribution in [0.4, 0.5) is 5.82 Å². The lowest BCUT2D eigenvalue weighted by Crippen LogP contribution is -2.54. The third-order valence-corrected chi connectivity index (χ3v) is 11.6. The van der Waals surface area contributed by atoms with Crippen molar-refractivity contribution >= 4 is 47.3 Å². The third kappa shape index (κ3) is 10.4. The Labute approximate surface area is 344 Å². The number of ether oxygens (including phenoxy) is 1. The Balaban J connectivity index is 0.759. The first-order chi connectivity index (χ1) is 28.7. The number of pyridine rings is 2. The van der Waals surface area contributed by atoms with E-state index in [9.17, 15) is 28.8 Å². The number of fused-ring (bicyclic) bond motifs is 1. The van der Waals surface area contributed by atoms with Crippen LogP contribution in [0.15, 0.2) is 67.1 Å². The van der Waals surface area contributed by atoms with Crippen LogP contribution in [0.3, 0.4) is 0 Å². The van der Waals surface area contributed by atoms with Gasteiger partial charge in [0.05, 0.1) is 23.3 Å². The minimum absolute atomic E-state index is 0.0317. The third-order valence-electron chi connectivity index (χ3n) is 11.6. The van der Waals surface area contributed by atoms with Gasteiger partial charge >= 0.3 is 0 Å². The van der Waals surface area contributed by atoms with E-state index in [2.05, 4.69) is 30.4 Å². The number of rotatable bonds is 16. The lowest BCUT2D eigenvalue weighted by atomic mass is 9.91. The number of unbranched alkanes of at least 4 members (excludes halogenated alkanes) is 2. The predicted octanol–water partition coefficient (Wildman–Crippen LogP) is 3.71. The van der Waals surface area contributed by atoms with E-state index in [1.165, 1.54) is 6.08 Å². The smallest absolute Gasteiger partial charge is 0.266 e. The fourth-order valence-electron chi connectivity index (χ4n) is 8.21. The van der Waals surface area contributed by atoms with Crippen LogP contribution in [0.1, 0.15) is 94.4 Å². The zero-order valence-corrected chi connectivity index (χ0v) is 33.4. The van der Waals surface area contributed by atoms with Crippen molar-refractivity contribution in [2.75, 3.05) is 63.9 Å². The van der Waals surface area contributed by atoms with Gasteiger partial charge in [-0.25, -0.2) is 4.98 Å². The fourth-order valence-corrected chi connectivity index (χ4v) is 8.21.